The molecular formula is C12H26N2O2. The van der Waals surface area contributed by atoms with Crippen LogP contribution in [0.3, 0.4) is 0 Å². The number of hydrogen-bond acceptors (Lipinski definition) is 3. The van der Waals surface area contributed by atoms with Gasteiger partial charge in [-0.25, -0.2) is 0 Å². The molecule has 1 amide bonds. The summed E-state index contributed by atoms with van der Waals surface area (Å²) in [4.78, 5) is 11.8. The molecular weight excluding hydrogens is 204 g/mol. The molecule has 4 nitrogen and oxygen atoms in total. The molecule has 1 atom stereocenters. The second kappa shape index (κ2) is 7.63. The van der Waals surface area contributed by atoms with Gasteiger partial charge >= 0.3 is 0 Å². The Morgan fingerprint density at radius 3 is 2.25 bits per heavy atom. The first kappa shape index (κ1) is 15.4. The second-order valence-corrected chi connectivity index (χ2v) is 4.41. The Labute approximate surface area is 98.6 Å². The molecule has 0 aromatic heterocycles. The number of hydrogen-bond donors (Lipinski definition) is 3. The van der Waals surface area contributed by atoms with Crippen LogP contribution >= 0.6 is 0 Å². The molecule has 0 spiro atoms. The van der Waals surface area contributed by atoms with Crippen molar-refractivity contribution in [2.45, 2.75) is 52.0 Å². The fraction of sp³-hybridized carbons (Fsp3) is 0.917. The maximum Gasteiger partial charge on any atom is 0.220 e. The molecule has 96 valence electrons. The molecule has 0 saturated heterocycles. The summed E-state index contributed by atoms with van der Waals surface area (Å²) in [6, 6.07) is 0. The van der Waals surface area contributed by atoms with E-state index in [9.17, 15) is 9.90 Å². The van der Waals surface area contributed by atoms with Crippen LogP contribution in [0.5, 0.6) is 0 Å². The number of rotatable bonds is 8. The van der Waals surface area contributed by atoms with Gasteiger partial charge in [0.1, 0.15) is 0 Å². The first-order chi connectivity index (χ1) is 7.57. The molecule has 0 radical (unpaired) electrons. The number of aliphatic hydroxyl groups excluding tert-OH is 1. The third-order valence-electron chi connectivity index (χ3n) is 3.45. The SMILES string of the molecule is CCC(CN)CC(=O)NC(CC)(CC)CO. The zero-order valence-corrected chi connectivity index (χ0v) is 10.8. The van der Waals surface area contributed by atoms with E-state index in [-0.39, 0.29) is 18.4 Å². The highest BCUT2D eigenvalue weighted by molar-refractivity contribution is 5.77. The summed E-state index contributed by atoms with van der Waals surface area (Å²) in [6.07, 6.45) is 2.85. The van der Waals surface area contributed by atoms with Crippen molar-refractivity contribution >= 4 is 5.91 Å². The highest BCUT2D eigenvalue weighted by atomic mass is 16.3. The maximum atomic E-state index is 11.8. The van der Waals surface area contributed by atoms with E-state index in [0.29, 0.717) is 13.0 Å². The minimum atomic E-state index is -0.454. The first-order valence-corrected chi connectivity index (χ1v) is 6.19. The Kier molecular flexibility index (Phi) is 7.34. The summed E-state index contributed by atoms with van der Waals surface area (Å²) >= 11 is 0. The molecule has 0 aromatic rings. The van der Waals surface area contributed by atoms with Crippen LogP contribution in [0.2, 0.25) is 0 Å². The van der Waals surface area contributed by atoms with E-state index in [0.717, 1.165) is 19.3 Å². The standard InChI is InChI=1S/C12H26N2O2/c1-4-10(8-13)7-11(16)14-12(5-2,6-3)9-15/h10,15H,4-9,13H2,1-3H3,(H,14,16). The van der Waals surface area contributed by atoms with Gasteiger partial charge in [0.15, 0.2) is 0 Å². The topological polar surface area (TPSA) is 75.4 Å². The Hall–Kier alpha value is -0.610. The van der Waals surface area contributed by atoms with Crippen molar-refractivity contribution in [3.05, 3.63) is 0 Å². The van der Waals surface area contributed by atoms with E-state index in [1.807, 2.05) is 20.8 Å². The van der Waals surface area contributed by atoms with Gasteiger partial charge < -0.3 is 16.2 Å². The predicted octanol–water partition coefficient (Wildman–Crippen LogP) is 1.03. The van der Waals surface area contributed by atoms with Crippen LogP contribution in [0.1, 0.15) is 46.5 Å². The largest absolute Gasteiger partial charge is 0.394 e. The number of nitrogens with two attached hydrogens (primary N) is 1. The van der Waals surface area contributed by atoms with Gasteiger partial charge in [0, 0.05) is 6.42 Å². The van der Waals surface area contributed by atoms with E-state index in [2.05, 4.69) is 5.32 Å². The summed E-state index contributed by atoms with van der Waals surface area (Å²) < 4.78 is 0. The molecule has 4 N–H and O–H groups in total. The molecule has 0 aromatic carbocycles. The van der Waals surface area contributed by atoms with Gasteiger partial charge in [-0.05, 0) is 25.3 Å². The smallest absolute Gasteiger partial charge is 0.220 e. The molecule has 0 aliphatic rings. The van der Waals surface area contributed by atoms with E-state index in [1.54, 1.807) is 0 Å². The fourth-order valence-electron chi connectivity index (χ4n) is 1.69. The lowest BCUT2D eigenvalue weighted by atomic mass is 9.92. The van der Waals surface area contributed by atoms with Crippen LogP contribution in [0.25, 0.3) is 0 Å². The minimum absolute atomic E-state index is 0.00458. The number of amides is 1. The number of carbonyl (C=O) groups is 1. The molecule has 0 aliphatic carbocycles. The number of carbonyl (C=O) groups excluding carboxylic acids is 1. The van der Waals surface area contributed by atoms with Gasteiger partial charge in [0.05, 0.1) is 12.1 Å². The lowest BCUT2D eigenvalue weighted by molar-refractivity contribution is -0.124. The highest BCUT2D eigenvalue weighted by Gasteiger charge is 2.27. The maximum absolute atomic E-state index is 11.8. The van der Waals surface area contributed by atoms with Gasteiger partial charge in [0.2, 0.25) is 5.91 Å². The molecule has 0 aliphatic heterocycles. The van der Waals surface area contributed by atoms with Crippen molar-refractivity contribution in [3.8, 4) is 0 Å². The van der Waals surface area contributed by atoms with Crippen molar-refractivity contribution in [2.24, 2.45) is 11.7 Å². The van der Waals surface area contributed by atoms with Gasteiger partial charge in [-0.3, -0.25) is 4.79 Å². The first-order valence-electron chi connectivity index (χ1n) is 6.19. The summed E-state index contributed by atoms with van der Waals surface area (Å²) in [5.41, 5.74) is 5.11. The lowest BCUT2D eigenvalue weighted by Gasteiger charge is -2.31. The van der Waals surface area contributed by atoms with Crippen molar-refractivity contribution in [1.82, 2.24) is 5.32 Å². The summed E-state index contributed by atoms with van der Waals surface area (Å²) in [6.45, 7) is 6.50. The van der Waals surface area contributed by atoms with Crippen LogP contribution in [-0.4, -0.2) is 29.7 Å². The summed E-state index contributed by atoms with van der Waals surface area (Å²) in [7, 11) is 0. The van der Waals surface area contributed by atoms with Crippen molar-refractivity contribution in [1.29, 1.82) is 0 Å². The van der Waals surface area contributed by atoms with Crippen LogP contribution in [0.15, 0.2) is 0 Å². The van der Waals surface area contributed by atoms with Crippen LogP contribution in [0.4, 0.5) is 0 Å². The zero-order valence-electron chi connectivity index (χ0n) is 10.8. The van der Waals surface area contributed by atoms with Gasteiger partial charge in [0.25, 0.3) is 0 Å². The minimum Gasteiger partial charge on any atom is -0.394 e. The monoisotopic (exact) mass is 230 g/mol. The van der Waals surface area contributed by atoms with Crippen LogP contribution in [-0.2, 0) is 4.79 Å². The fourth-order valence-corrected chi connectivity index (χ4v) is 1.69. The van der Waals surface area contributed by atoms with E-state index in [4.69, 9.17) is 5.73 Å². The van der Waals surface area contributed by atoms with E-state index >= 15 is 0 Å². The molecule has 1 unspecified atom stereocenters. The van der Waals surface area contributed by atoms with E-state index < -0.39 is 5.54 Å². The van der Waals surface area contributed by atoms with Gasteiger partial charge in [-0.15, -0.1) is 0 Å². The Balaban J connectivity index is 4.30. The lowest BCUT2D eigenvalue weighted by Crippen LogP contribution is -2.51. The predicted molar refractivity (Wildman–Crippen MR) is 66.0 cm³/mol. The third-order valence-corrected chi connectivity index (χ3v) is 3.45. The van der Waals surface area contributed by atoms with Crippen molar-refractivity contribution in [2.75, 3.05) is 13.2 Å². The Morgan fingerprint density at radius 2 is 1.94 bits per heavy atom. The zero-order chi connectivity index (χ0) is 12.6. The number of nitrogens with one attached hydrogen (secondary N) is 1. The third kappa shape index (κ3) is 4.49. The quantitative estimate of drug-likeness (QED) is 0.583. The second-order valence-electron chi connectivity index (χ2n) is 4.41. The van der Waals surface area contributed by atoms with E-state index in [1.165, 1.54) is 0 Å². The molecule has 16 heavy (non-hydrogen) atoms. The van der Waals surface area contributed by atoms with Crippen LogP contribution in [0, 0.1) is 5.92 Å². The average molecular weight is 230 g/mol. The number of aliphatic hydroxyl groups is 1. The Bertz CT molecular complexity index is 191. The van der Waals surface area contributed by atoms with Crippen molar-refractivity contribution in [3.63, 3.8) is 0 Å². The van der Waals surface area contributed by atoms with Gasteiger partial charge in [-0.2, -0.15) is 0 Å². The average Bonchev–Trinajstić information content (AvgIpc) is 2.33. The molecule has 0 heterocycles. The molecule has 4 heteroatoms. The molecule has 0 bridgehead atoms. The molecule has 0 saturated carbocycles. The van der Waals surface area contributed by atoms with Gasteiger partial charge in [-0.1, -0.05) is 27.2 Å². The summed E-state index contributed by atoms with van der Waals surface area (Å²) in [5.74, 6) is 0.236. The molecule has 0 rings (SSSR count). The summed E-state index contributed by atoms with van der Waals surface area (Å²) in [5, 5.41) is 12.3. The van der Waals surface area contributed by atoms with Crippen molar-refractivity contribution < 1.29 is 9.90 Å². The molecule has 0 fully saturated rings. The normalized spacial score (nSPS) is 13.6. The van der Waals surface area contributed by atoms with Crippen LogP contribution < -0.4 is 11.1 Å². The highest BCUT2D eigenvalue weighted by Crippen LogP contribution is 2.15. The Morgan fingerprint density at radius 1 is 1.38 bits per heavy atom.